The lowest BCUT2D eigenvalue weighted by molar-refractivity contribution is -0.385. The van der Waals surface area contributed by atoms with Crippen molar-refractivity contribution < 1.29 is 23.9 Å². The molecule has 110 valence electrons. The standard InChI is InChI=1S/C14H12FNO5/c1-20-14-6-9(8-17)2-4-13(14)21-12-5-3-10(16(18)19)7-11(12)15/h2-7,17H,8H2,1H3. The average Bonchev–Trinajstić information content (AvgIpc) is 2.49. The van der Waals surface area contributed by atoms with E-state index in [1.54, 1.807) is 12.1 Å². The summed E-state index contributed by atoms with van der Waals surface area (Å²) in [6.07, 6.45) is 0. The molecule has 7 heteroatoms. The van der Waals surface area contributed by atoms with E-state index in [0.717, 1.165) is 12.1 Å². The maximum absolute atomic E-state index is 13.8. The molecule has 0 atom stereocenters. The van der Waals surface area contributed by atoms with E-state index in [0.29, 0.717) is 11.3 Å². The van der Waals surface area contributed by atoms with Crippen LogP contribution in [0.15, 0.2) is 36.4 Å². The van der Waals surface area contributed by atoms with Gasteiger partial charge in [-0.15, -0.1) is 0 Å². The van der Waals surface area contributed by atoms with E-state index in [2.05, 4.69) is 0 Å². The molecule has 1 N–H and O–H groups in total. The largest absolute Gasteiger partial charge is 0.493 e. The highest BCUT2D eigenvalue weighted by molar-refractivity contribution is 5.46. The molecule has 2 aromatic rings. The zero-order valence-electron chi connectivity index (χ0n) is 11.1. The minimum atomic E-state index is -0.850. The van der Waals surface area contributed by atoms with Crippen LogP contribution in [0.2, 0.25) is 0 Å². The molecule has 0 saturated heterocycles. The molecule has 0 aliphatic heterocycles. The fourth-order valence-electron chi connectivity index (χ4n) is 1.70. The Morgan fingerprint density at radius 1 is 1.19 bits per heavy atom. The Balaban J connectivity index is 2.32. The quantitative estimate of drug-likeness (QED) is 0.677. The van der Waals surface area contributed by atoms with Gasteiger partial charge in [-0.2, -0.15) is 0 Å². The number of aliphatic hydroxyl groups excluding tert-OH is 1. The molecule has 0 saturated carbocycles. The zero-order chi connectivity index (χ0) is 15.4. The van der Waals surface area contributed by atoms with Crippen molar-refractivity contribution >= 4 is 5.69 Å². The van der Waals surface area contributed by atoms with Crippen molar-refractivity contribution in [1.82, 2.24) is 0 Å². The predicted molar refractivity (Wildman–Crippen MR) is 72.0 cm³/mol. The first-order chi connectivity index (χ1) is 10.0. The molecule has 0 fully saturated rings. The van der Waals surface area contributed by atoms with Crippen molar-refractivity contribution in [2.24, 2.45) is 0 Å². The molecule has 2 aromatic carbocycles. The van der Waals surface area contributed by atoms with Crippen LogP contribution in [0.5, 0.6) is 17.2 Å². The maximum Gasteiger partial charge on any atom is 0.272 e. The SMILES string of the molecule is COc1cc(CO)ccc1Oc1ccc([N+](=O)[O-])cc1F. The fourth-order valence-corrected chi connectivity index (χ4v) is 1.70. The summed E-state index contributed by atoms with van der Waals surface area (Å²) in [7, 11) is 1.41. The number of benzene rings is 2. The third-order valence-electron chi connectivity index (χ3n) is 2.76. The van der Waals surface area contributed by atoms with Crippen LogP contribution in [0, 0.1) is 15.9 Å². The Kier molecular flexibility index (Phi) is 4.34. The summed E-state index contributed by atoms with van der Waals surface area (Å²) in [4.78, 5) is 9.86. The Morgan fingerprint density at radius 3 is 2.48 bits per heavy atom. The molecule has 0 amide bonds. The van der Waals surface area contributed by atoms with Crippen LogP contribution in [-0.2, 0) is 6.61 Å². The number of non-ortho nitro benzene ring substituents is 1. The number of halogens is 1. The number of nitrogens with zero attached hydrogens (tertiary/aromatic N) is 1. The van der Waals surface area contributed by atoms with E-state index in [-0.39, 0.29) is 23.8 Å². The van der Waals surface area contributed by atoms with Gasteiger partial charge in [0.2, 0.25) is 0 Å². The third kappa shape index (κ3) is 3.26. The molecule has 21 heavy (non-hydrogen) atoms. The van der Waals surface area contributed by atoms with E-state index < -0.39 is 10.7 Å². The Hall–Kier alpha value is -2.67. The molecule has 0 aromatic heterocycles. The molecule has 0 spiro atoms. The smallest absolute Gasteiger partial charge is 0.272 e. The summed E-state index contributed by atoms with van der Waals surface area (Å²) in [5, 5.41) is 19.6. The zero-order valence-corrected chi connectivity index (χ0v) is 11.1. The van der Waals surface area contributed by atoms with Gasteiger partial charge in [0.05, 0.1) is 24.7 Å². The Labute approximate surface area is 119 Å². The van der Waals surface area contributed by atoms with Crippen LogP contribution in [0.1, 0.15) is 5.56 Å². The minimum absolute atomic E-state index is 0.157. The van der Waals surface area contributed by atoms with Crippen molar-refractivity contribution in [1.29, 1.82) is 0 Å². The molecule has 6 nitrogen and oxygen atoms in total. The minimum Gasteiger partial charge on any atom is -0.493 e. The highest BCUT2D eigenvalue weighted by Gasteiger charge is 2.14. The molecular formula is C14H12FNO5. The lowest BCUT2D eigenvalue weighted by Gasteiger charge is -2.11. The first kappa shape index (κ1) is 14.7. The van der Waals surface area contributed by atoms with Crippen LogP contribution >= 0.6 is 0 Å². The maximum atomic E-state index is 13.8. The third-order valence-corrected chi connectivity index (χ3v) is 2.76. The van der Waals surface area contributed by atoms with E-state index >= 15 is 0 Å². The summed E-state index contributed by atoms with van der Waals surface area (Å²) < 4.78 is 24.2. The van der Waals surface area contributed by atoms with E-state index in [1.807, 2.05) is 0 Å². The number of rotatable bonds is 5. The van der Waals surface area contributed by atoms with E-state index in [9.17, 15) is 14.5 Å². The summed E-state index contributed by atoms with van der Waals surface area (Å²) >= 11 is 0. The van der Waals surface area contributed by atoms with Crippen molar-refractivity contribution in [2.75, 3.05) is 7.11 Å². The molecular weight excluding hydrogens is 281 g/mol. The molecule has 0 unspecified atom stereocenters. The summed E-state index contributed by atoms with van der Waals surface area (Å²) in [5.41, 5.74) is 0.255. The van der Waals surface area contributed by atoms with Crippen molar-refractivity contribution in [3.8, 4) is 17.2 Å². The number of hydrogen-bond acceptors (Lipinski definition) is 5. The fraction of sp³-hybridized carbons (Fsp3) is 0.143. The Bertz CT molecular complexity index is 674. The highest BCUT2D eigenvalue weighted by atomic mass is 19.1. The van der Waals surface area contributed by atoms with Gasteiger partial charge >= 0.3 is 0 Å². The molecule has 0 aliphatic rings. The molecule has 2 rings (SSSR count). The average molecular weight is 293 g/mol. The van der Waals surface area contributed by atoms with Crippen molar-refractivity contribution in [3.63, 3.8) is 0 Å². The number of nitro benzene ring substituents is 1. The molecule has 0 heterocycles. The van der Waals surface area contributed by atoms with Gasteiger partial charge in [-0.05, 0) is 23.8 Å². The lowest BCUT2D eigenvalue weighted by atomic mass is 10.2. The normalized spacial score (nSPS) is 10.2. The highest BCUT2D eigenvalue weighted by Crippen LogP contribution is 2.34. The van der Waals surface area contributed by atoms with Crippen LogP contribution in [0.4, 0.5) is 10.1 Å². The first-order valence-corrected chi connectivity index (χ1v) is 5.94. The van der Waals surface area contributed by atoms with Crippen LogP contribution in [-0.4, -0.2) is 17.1 Å². The monoisotopic (exact) mass is 293 g/mol. The summed E-state index contributed by atoms with van der Waals surface area (Å²) in [5.74, 6) is -0.449. The second-order valence-electron chi connectivity index (χ2n) is 4.12. The second kappa shape index (κ2) is 6.19. The van der Waals surface area contributed by atoms with Crippen LogP contribution in [0.3, 0.4) is 0 Å². The van der Waals surface area contributed by atoms with Gasteiger partial charge < -0.3 is 14.6 Å². The number of ether oxygens (including phenoxy) is 2. The number of aliphatic hydroxyl groups is 1. The Morgan fingerprint density at radius 2 is 1.90 bits per heavy atom. The molecule has 0 aliphatic carbocycles. The van der Waals surface area contributed by atoms with Crippen molar-refractivity contribution in [2.45, 2.75) is 6.61 Å². The number of methoxy groups -OCH3 is 1. The van der Waals surface area contributed by atoms with E-state index in [4.69, 9.17) is 14.6 Å². The number of hydrogen-bond donors (Lipinski definition) is 1. The number of nitro groups is 1. The molecule has 0 bridgehead atoms. The topological polar surface area (TPSA) is 81.8 Å². The predicted octanol–water partition coefficient (Wildman–Crippen LogP) is 3.03. The second-order valence-corrected chi connectivity index (χ2v) is 4.12. The first-order valence-electron chi connectivity index (χ1n) is 5.94. The van der Waals surface area contributed by atoms with Gasteiger partial charge in [0.15, 0.2) is 23.1 Å². The van der Waals surface area contributed by atoms with Gasteiger partial charge in [-0.3, -0.25) is 10.1 Å². The van der Waals surface area contributed by atoms with E-state index in [1.165, 1.54) is 19.2 Å². The van der Waals surface area contributed by atoms with Gasteiger partial charge in [0.25, 0.3) is 5.69 Å². The van der Waals surface area contributed by atoms with Crippen molar-refractivity contribution in [3.05, 3.63) is 57.9 Å². The van der Waals surface area contributed by atoms with Gasteiger partial charge in [-0.25, -0.2) is 4.39 Å². The van der Waals surface area contributed by atoms with Gasteiger partial charge in [-0.1, -0.05) is 6.07 Å². The van der Waals surface area contributed by atoms with Gasteiger partial charge in [0.1, 0.15) is 0 Å². The summed E-state index contributed by atoms with van der Waals surface area (Å²) in [6, 6.07) is 7.77. The van der Waals surface area contributed by atoms with Crippen LogP contribution in [0.25, 0.3) is 0 Å². The lowest BCUT2D eigenvalue weighted by Crippen LogP contribution is -1.95. The van der Waals surface area contributed by atoms with Gasteiger partial charge in [0, 0.05) is 6.07 Å². The summed E-state index contributed by atoms with van der Waals surface area (Å²) in [6.45, 7) is -0.164. The van der Waals surface area contributed by atoms with Crippen LogP contribution < -0.4 is 9.47 Å². The molecule has 0 radical (unpaired) electrons.